The van der Waals surface area contributed by atoms with E-state index in [2.05, 4.69) is 20.0 Å². The molecule has 0 saturated heterocycles. The number of nitrogens with one attached hydrogen (secondary N) is 2. The number of aromatic nitrogens is 2. The van der Waals surface area contributed by atoms with Crippen LogP contribution in [0.25, 0.3) is 0 Å². The van der Waals surface area contributed by atoms with Crippen molar-refractivity contribution >= 4 is 57.7 Å². The monoisotopic (exact) mass is 408 g/mol. The second kappa shape index (κ2) is 8.88. The van der Waals surface area contributed by atoms with Gasteiger partial charge in [0.25, 0.3) is 0 Å². The van der Waals surface area contributed by atoms with Crippen molar-refractivity contribution in [3.63, 3.8) is 0 Å². The molecule has 1 unspecified atom stereocenters. The Hall–Kier alpha value is -1.58. The third-order valence-corrected chi connectivity index (χ3v) is 6.21. The fourth-order valence-electron chi connectivity index (χ4n) is 2.15. The van der Waals surface area contributed by atoms with Crippen molar-refractivity contribution in [2.24, 2.45) is 5.92 Å². The summed E-state index contributed by atoms with van der Waals surface area (Å²) in [6, 6.07) is 7.58. The molecule has 9 heteroatoms. The van der Waals surface area contributed by atoms with Crippen molar-refractivity contribution in [1.29, 1.82) is 0 Å². The Morgan fingerprint density at radius 3 is 2.88 bits per heavy atom. The van der Waals surface area contributed by atoms with Crippen LogP contribution in [0.1, 0.15) is 26.7 Å². The topological polar surface area (TPSA) is 84.0 Å². The molecule has 6 nitrogen and oxygen atoms in total. The minimum Gasteiger partial charge on any atom is -0.326 e. The van der Waals surface area contributed by atoms with Crippen molar-refractivity contribution in [2.75, 3.05) is 16.4 Å². The molecule has 2 aromatic rings. The van der Waals surface area contributed by atoms with Gasteiger partial charge in [-0.3, -0.25) is 14.9 Å². The van der Waals surface area contributed by atoms with Crippen LogP contribution < -0.4 is 10.6 Å². The molecule has 1 saturated carbocycles. The van der Waals surface area contributed by atoms with Crippen molar-refractivity contribution in [2.45, 2.75) is 42.0 Å². The molecule has 1 heterocycles. The minimum atomic E-state index is -0.296. The van der Waals surface area contributed by atoms with E-state index in [4.69, 9.17) is 0 Å². The van der Waals surface area contributed by atoms with Gasteiger partial charge in [-0.15, -0.1) is 11.8 Å². The number of hydrogen-bond acceptors (Lipinski definition) is 7. The van der Waals surface area contributed by atoms with Gasteiger partial charge in [0.05, 0.1) is 5.25 Å². The summed E-state index contributed by atoms with van der Waals surface area (Å²) >= 11 is 4.17. The van der Waals surface area contributed by atoms with Crippen LogP contribution in [0.4, 0.5) is 10.8 Å². The van der Waals surface area contributed by atoms with Crippen LogP contribution in [0, 0.1) is 5.92 Å². The van der Waals surface area contributed by atoms with E-state index >= 15 is 0 Å². The molecule has 3 rings (SSSR count). The first-order chi connectivity index (χ1) is 12.5. The second-order valence-electron chi connectivity index (χ2n) is 5.86. The summed E-state index contributed by atoms with van der Waals surface area (Å²) in [5, 5.41) is 6.65. The highest BCUT2D eigenvalue weighted by Crippen LogP contribution is 2.31. The van der Waals surface area contributed by atoms with Gasteiger partial charge >= 0.3 is 0 Å². The summed E-state index contributed by atoms with van der Waals surface area (Å²) in [6.07, 6.45) is 1.95. The third kappa shape index (κ3) is 5.46. The molecule has 138 valence electrons. The number of hydrogen-bond donors (Lipinski definition) is 2. The Labute approximate surface area is 165 Å². The summed E-state index contributed by atoms with van der Waals surface area (Å²) in [5.74, 6) is 1.02. The normalized spacial score (nSPS) is 14.7. The summed E-state index contributed by atoms with van der Waals surface area (Å²) < 4.78 is 4.19. The van der Waals surface area contributed by atoms with E-state index < -0.39 is 0 Å². The molecule has 0 radical (unpaired) electrons. The average molecular weight is 409 g/mol. The van der Waals surface area contributed by atoms with E-state index in [1.807, 2.05) is 38.1 Å². The quantitative estimate of drug-likeness (QED) is 0.639. The van der Waals surface area contributed by atoms with E-state index in [0.717, 1.165) is 29.2 Å². The molecule has 26 heavy (non-hydrogen) atoms. The fourth-order valence-corrected chi connectivity index (χ4v) is 4.35. The van der Waals surface area contributed by atoms with Gasteiger partial charge in [0.15, 0.2) is 0 Å². The largest absolute Gasteiger partial charge is 0.326 e. The van der Waals surface area contributed by atoms with E-state index in [1.54, 1.807) is 11.8 Å². The standard InChI is InChI=1S/C17H20N4O2S3/c1-3-24-17-20-16(26-21-17)19-14(22)10(2)25-13-6-4-5-12(9-13)18-15(23)11-7-8-11/h4-6,9-11H,3,7-8H2,1-2H3,(H,18,23)(H,19,20,21,22). The molecule has 0 spiro atoms. The lowest BCUT2D eigenvalue weighted by molar-refractivity contribution is -0.117. The van der Waals surface area contributed by atoms with Crippen LogP contribution >= 0.6 is 35.1 Å². The smallest absolute Gasteiger partial charge is 0.239 e. The average Bonchev–Trinajstić information content (AvgIpc) is 3.37. The third-order valence-electron chi connectivity index (χ3n) is 3.64. The van der Waals surface area contributed by atoms with Gasteiger partial charge in [-0.1, -0.05) is 24.8 Å². The first-order valence-corrected chi connectivity index (χ1v) is 11.0. The van der Waals surface area contributed by atoms with Crippen LogP contribution in [0.15, 0.2) is 34.3 Å². The number of anilines is 2. The number of thioether (sulfide) groups is 2. The lowest BCUT2D eigenvalue weighted by atomic mass is 10.3. The molecule has 1 aromatic heterocycles. The zero-order chi connectivity index (χ0) is 18.5. The highest BCUT2D eigenvalue weighted by molar-refractivity contribution is 8.00. The molecule has 1 aliphatic rings. The summed E-state index contributed by atoms with van der Waals surface area (Å²) in [5.41, 5.74) is 0.768. The van der Waals surface area contributed by atoms with E-state index in [9.17, 15) is 9.59 Å². The molecular formula is C17H20N4O2S3. The molecule has 1 aliphatic carbocycles. The number of benzene rings is 1. The molecule has 1 fully saturated rings. The van der Waals surface area contributed by atoms with Gasteiger partial charge in [0, 0.05) is 28.0 Å². The number of rotatable bonds is 8. The van der Waals surface area contributed by atoms with Crippen LogP contribution in [0.3, 0.4) is 0 Å². The summed E-state index contributed by atoms with van der Waals surface area (Å²) in [7, 11) is 0. The van der Waals surface area contributed by atoms with Crippen molar-refractivity contribution < 1.29 is 9.59 Å². The van der Waals surface area contributed by atoms with Crippen LogP contribution in [-0.4, -0.2) is 32.2 Å². The van der Waals surface area contributed by atoms with Crippen molar-refractivity contribution in [1.82, 2.24) is 9.36 Å². The van der Waals surface area contributed by atoms with Crippen molar-refractivity contribution in [3.05, 3.63) is 24.3 Å². The lowest BCUT2D eigenvalue weighted by Gasteiger charge is -2.11. The zero-order valence-electron chi connectivity index (χ0n) is 14.5. The van der Waals surface area contributed by atoms with Gasteiger partial charge in [-0.25, -0.2) is 0 Å². The Bertz CT molecular complexity index is 792. The predicted octanol–water partition coefficient (Wildman–Crippen LogP) is 4.12. The maximum atomic E-state index is 12.4. The Morgan fingerprint density at radius 2 is 2.15 bits per heavy atom. The van der Waals surface area contributed by atoms with Gasteiger partial charge in [-0.05, 0) is 43.7 Å². The first-order valence-electron chi connectivity index (χ1n) is 8.40. The second-order valence-corrected chi connectivity index (χ2v) is 9.25. The molecule has 0 bridgehead atoms. The predicted molar refractivity (Wildman–Crippen MR) is 108 cm³/mol. The van der Waals surface area contributed by atoms with Crippen LogP contribution in [0.2, 0.25) is 0 Å². The maximum absolute atomic E-state index is 12.4. The van der Waals surface area contributed by atoms with Gasteiger partial charge in [0.2, 0.25) is 22.1 Å². The molecule has 2 amide bonds. The highest BCUT2D eigenvalue weighted by Gasteiger charge is 2.29. The van der Waals surface area contributed by atoms with Gasteiger partial charge in [-0.2, -0.15) is 9.36 Å². The van der Waals surface area contributed by atoms with Gasteiger partial charge in [0.1, 0.15) is 0 Å². The fraction of sp³-hybridized carbons (Fsp3) is 0.412. The van der Waals surface area contributed by atoms with E-state index in [-0.39, 0.29) is 23.0 Å². The summed E-state index contributed by atoms with van der Waals surface area (Å²) in [4.78, 5) is 29.5. The molecular weight excluding hydrogens is 388 g/mol. The SMILES string of the molecule is CCSc1nsc(NC(=O)C(C)Sc2cccc(NC(=O)C3CC3)c2)n1. The van der Waals surface area contributed by atoms with Crippen LogP contribution in [-0.2, 0) is 9.59 Å². The lowest BCUT2D eigenvalue weighted by Crippen LogP contribution is -2.22. The number of amides is 2. The first kappa shape index (κ1) is 19.2. The van der Waals surface area contributed by atoms with Crippen molar-refractivity contribution in [3.8, 4) is 0 Å². The molecule has 1 atom stereocenters. The van der Waals surface area contributed by atoms with Crippen LogP contribution in [0.5, 0.6) is 0 Å². The molecule has 0 aliphatic heterocycles. The van der Waals surface area contributed by atoms with E-state index in [1.165, 1.54) is 23.3 Å². The Morgan fingerprint density at radius 1 is 1.35 bits per heavy atom. The number of carbonyl (C=O) groups is 2. The number of carbonyl (C=O) groups excluding carboxylic acids is 2. The minimum absolute atomic E-state index is 0.0787. The molecule has 1 aromatic carbocycles. The highest BCUT2D eigenvalue weighted by atomic mass is 32.2. The molecule has 2 N–H and O–H groups in total. The number of nitrogens with zero attached hydrogens (tertiary/aromatic N) is 2. The van der Waals surface area contributed by atoms with Gasteiger partial charge < -0.3 is 5.32 Å². The van der Waals surface area contributed by atoms with E-state index in [0.29, 0.717) is 10.3 Å². The summed E-state index contributed by atoms with van der Waals surface area (Å²) in [6.45, 7) is 3.88. The Balaban J connectivity index is 1.55. The maximum Gasteiger partial charge on any atom is 0.239 e. The zero-order valence-corrected chi connectivity index (χ0v) is 17.0. The Kier molecular flexibility index (Phi) is 6.55.